The highest BCUT2D eigenvalue weighted by Crippen LogP contribution is 2.49. The molecule has 0 radical (unpaired) electrons. The van der Waals surface area contributed by atoms with Crippen molar-refractivity contribution in [2.45, 2.75) is 82.1 Å². The molecule has 1 saturated carbocycles. The van der Waals surface area contributed by atoms with Gasteiger partial charge in [-0.25, -0.2) is 10.4 Å². The summed E-state index contributed by atoms with van der Waals surface area (Å²) in [5.74, 6) is 1.72. The van der Waals surface area contributed by atoms with Crippen LogP contribution in [0.15, 0.2) is 0 Å². The summed E-state index contributed by atoms with van der Waals surface area (Å²) in [4.78, 5) is 2.60. The molecular weight excluding hydrogens is 326 g/mol. The maximum absolute atomic E-state index is 6.44. The van der Waals surface area contributed by atoms with Crippen LogP contribution in [-0.4, -0.2) is 67.2 Å². The van der Waals surface area contributed by atoms with Crippen molar-refractivity contribution < 1.29 is 9.47 Å². The molecule has 1 N–H and O–H groups in total. The standard InChI is InChI=1S/C21H37N3O2/c1-2-7-19-17(5-1)16-26-21(19)8-11-23(12-9-21)13-14-25-20-15-18-6-3-4-10-24(18)22-20/h17-20,22H,1-16H2. The van der Waals surface area contributed by atoms with E-state index in [9.17, 15) is 0 Å². The van der Waals surface area contributed by atoms with Crippen LogP contribution < -0.4 is 5.43 Å². The molecule has 1 aliphatic carbocycles. The Hall–Kier alpha value is -0.200. The van der Waals surface area contributed by atoms with Crippen LogP contribution >= 0.6 is 0 Å². The molecule has 0 amide bonds. The van der Waals surface area contributed by atoms with E-state index in [-0.39, 0.29) is 11.8 Å². The normalized spacial score (nSPS) is 40.6. The fourth-order valence-electron chi connectivity index (χ4n) is 6.48. The number of nitrogens with one attached hydrogen (secondary N) is 1. The summed E-state index contributed by atoms with van der Waals surface area (Å²) < 4.78 is 12.6. The Morgan fingerprint density at radius 3 is 2.73 bits per heavy atom. The second-order valence-corrected chi connectivity index (χ2v) is 9.44. The molecule has 4 saturated heterocycles. The van der Waals surface area contributed by atoms with Crippen LogP contribution in [-0.2, 0) is 9.47 Å². The van der Waals surface area contributed by atoms with Gasteiger partial charge in [-0.1, -0.05) is 19.3 Å². The number of hydrogen-bond acceptors (Lipinski definition) is 5. The zero-order chi connectivity index (χ0) is 17.4. The van der Waals surface area contributed by atoms with Gasteiger partial charge in [0.25, 0.3) is 0 Å². The molecule has 4 atom stereocenters. The van der Waals surface area contributed by atoms with E-state index in [1.54, 1.807) is 0 Å². The number of ether oxygens (including phenoxy) is 2. The molecule has 0 aromatic heterocycles. The SMILES string of the molecule is C1CCC2C(C1)COC21CCN(CCOC2CC3CCCCN3N2)CC1. The zero-order valence-corrected chi connectivity index (χ0v) is 16.3. The van der Waals surface area contributed by atoms with E-state index in [1.165, 1.54) is 83.8 Å². The Kier molecular flexibility index (Phi) is 5.27. The van der Waals surface area contributed by atoms with Gasteiger partial charge < -0.3 is 14.4 Å². The van der Waals surface area contributed by atoms with Crippen LogP contribution in [0.25, 0.3) is 0 Å². The van der Waals surface area contributed by atoms with Crippen LogP contribution in [0.2, 0.25) is 0 Å². The van der Waals surface area contributed by atoms with Gasteiger partial charge in [0, 0.05) is 38.6 Å². The quantitative estimate of drug-likeness (QED) is 0.831. The van der Waals surface area contributed by atoms with Gasteiger partial charge in [-0.15, -0.1) is 0 Å². The van der Waals surface area contributed by atoms with Crippen molar-refractivity contribution in [2.24, 2.45) is 11.8 Å². The van der Waals surface area contributed by atoms with Crippen LogP contribution in [0.1, 0.15) is 64.2 Å². The number of hydrogen-bond donors (Lipinski definition) is 1. The number of nitrogens with zero attached hydrogens (tertiary/aromatic N) is 2. The molecule has 0 aromatic rings. The molecule has 5 rings (SSSR count). The van der Waals surface area contributed by atoms with Crippen molar-refractivity contribution in [1.29, 1.82) is 0 Å². The Bertz CT molecular complexity index is 466. The lowest BCUT2D eigenvalue weighted by Crippen LogP contribution is -2.49. The third-order valence-corrected chi connectivity index (χ3v) is 8.02. The van der Waals surface area contributed by atoms with E-state index in [2.05, 4.69) is 15.3 Å². The lowest BCUT2D eigenvalue weighted by atomic mass is 9.69. The van der Waals surface area contributed by atoms with Gasteiger partial charge in [-0.2, -0.15) is 0 Å². The Labute approximate surface area is 158 Å². The molecule has 4 aliphatic heterocycles. The summed E-state index contributed by atoms with van der Waals surface area (Å²) in [5.41, 5.74) is 3.81. The summed E-state index contributed by atoms with van der Waals surface area (Å²) in [6.07, 6.45) is 13.6. The lowest BCUT2D eigenvalue weighted by Gasteiger charge is -2.44. The first-order valence-corrected chi connectivity index (χ1v) is 11.3. The van der Waals surface area contributed by atoms with Crippen molar-refractivity contribution >= 4 is 0 Å². The van der Waals surface area contributed by atoms with E-state index >= 15 is 0 Å². The lowest BCUT2D eigenvalue weighted by molar-refractivity contribution is -0.0745. The third kappa shape index (κ3) is 3.46. The van der Waals surface area contributed by atoms with Crippen LogP contribution in [0.5, 0.6) is 0 Å². The van der Waals surface area contributed by atoms with Crippen LogP contribution in [0.3, 0.4) is 0 Å². The van der Waals surface area contributed by atoms with Crippen molar-refractivity contribution in [1.82, 2.24) is 15.3 Å². The monoisotopic (exact) mass is 363 g/mol. The average molecular weight is 364 g/mol. The smallest absolute Gasteiger partial charge is 0.122 e. The van der Waals surface area contributed by atoms with Crippen LogP contribution in [0, 0.1) is 11.8 Å². The minimum absolute atomic E-state index is 0.235. The summed E-state index contributed by atoms with van der Waals surface area (Å²) in [5, 5.41) is 2.43. The van der Waals surface area contributed by atoms with E-state index in [0.717, 1.165) is 31.6 Å². The van der Waals surface area contributed by atoms with Crippen molar-refractivity contribution in [3.05, 3.63) is 0 Å². The fraction of sp³-hybridized carbons (Fsp3) is 1.00. The first-order chi connectivity index (χ1) is 12.8. The van der Waals surface area contributed by atoms with Gasteiger partial charge in [-0.3, -0.25) is 0 Å². The van der Waals surface area contributed by atoms with E-state index < -0.39 is 0 Å². The molecule has 4 heterocycles. The van der Waals surface area contributed by atoms with Gasteiger partial charge in [-0.05, 0) is 50.4 Å². The van der Waals surface area contributed by atoms with Crippen LogP contribution in [0.4, 0.5) is 0 Å². The van der Waals surface area contributed by atoms with Gasteiger partial charge >= 0.3 is 0 Å². The minimum atomic E-state index is 0.235. The minimum Gasteiger partial charge on any atom is -0.374 e. The zero-order valence-electron chi connectivity index (χ0n) is 16.3. The molecule has 26 heavy (non-hydrogen) atoms. The summed E-state index contributed by atoms with van der Waals surface area (Å²) in [6.45, 7) is 6.56. The molecule has 5 aliphatic rings. The summed E-state index contributed by atoms with van der Waals surface area (Å²) >= 11 is 0. The average Bonchev–Trinajstić information content (AvgIpc) is 3.25. The first kappa shape index (κ1) is 17.9. The first-order valence-electron chi connectivity index (χ1n) is 11.3. The van der Waals surface area contributed by atoms with E-state index in [1.807, 2.05) is 0 Å². The molecule has 148 valence electrons. The number of rotatable bonds is 4. The molecular formula is C21H37N3O2. The Morgan fingerprint density at radius 2 is 1.85 bits per heavy atom. The Balaban J connectivity index is 1.04. The molecule has 4 unspecified atom stereocenters. The molecule has 0 bridgehead atoms. The highest BCUT2D eigenvalue weighted by atomic mass is 16.5. The fourth-order valence-corrected chi connectivity index (χ4v) is 6.48. The molecule has 0 aromatic carbocycles. The third-order valence-electron chi connectivity index (χ3n) is 8.02. The summed E-state index contributed by atoms with van der Waals surface area (Å²) in [6, 6.07) is 0.714. The number of likely N-dealkylation sites (tertiary alicyclic amines) is 1. The van der Waals surface area contributed by atoms with Crippen molar-refractivity contribution in [3.63, 3.8) is 0 Å². The van der Waals surface area contributed by atoms with E-state index in [4.69, 9.17) is 9.47 Å². The maximum Gasteiger partial charge on any atom is 0.122 e. The second-order valence-electron chi connectivity index (χ2n) is 9.44. The largest absolute Gasteiger partial charge is 0.374 e. The maximum atomic E-state index is 6.44. The van der Waals surface area contributed by atoms with E-state index in [0.29, 0.717) is 6.04 Å². The Morgan fingerprint density at radius 1 is 1.00 bits per heavy atom. The highest BCUT2D eigenvalue weighted by molar-refractivity contribution is 5.01. The van der Waals surface area contributed by atoms with Crippen molar-refractivity contribution in [3.8, 4) is 0 Å². The number of hydrazine groups is 1. The highest BCUT2D eigenvalue weighted by Gasteiger charge is 2.51. The molecule has 5 fully saturated rings. The predicted octanol–water partition coefficient (Wildman–Crippen LogP) is 2.76. The van der Waals surface area contributed by atoms with Gasteiger partial charge in [0.05, 0.1) is 18.8 Å². The number of piperidine rings is 2. The van der Waals surface area contributed by atoms with Gasteiger partial charge in [0.2, 0.25) is 0 Å². The van der Waals surface area contributed by atoms with Crippen molar-refractivity contribution in [2.75, 3.05) is 39.4 Å². The molecule has 5 heteroatoms. The topological polar surface area (TPSA) is 37.0 Å². The summed E-state index contributed by atoms with van der Waals surface area (Å²) in [7, 11) is 0. The number of fused-ring (bicyclic) bond motifs is 3. The second kappa shape index (κ2) is 7.67. The molecule has 5 nitrogen and oxygen atoms in total. The molecule has 1 spiro atoms. The predicted molar refractivity (Wildman–Crippen MR) is 102 cm³/mol. The van der Waals surface area contributed by atoms with Gasteiger partial charge in [0.1, 0.15) is 6.23 Å². The van der Waals surface area contributed by atoms with Gasteiger partial charge in [0.15, 0.2) is 0 Å².